The Balaban J connectivity index is 1.36. The number of rotatable bonds is 7. The zero-order chi connectivity index (χ0) is 28.8. The predicted octanol–water partition coefficient (Wildman–Crippen LogP) is 6.27. The van der Waals surface area contributed by atoms with Crippen LogP contribution in [0.2, 0.25) is 0 Å². The van der Waals surface area contributed by atoms with Gasteiger partial charge in [-0.2, -0.15) is 0 Å². The zero-order valence-corrected chi connectivity index (χ0v) is 23.7. The van der Waals surface area contributed by atoms with Gasteiger partial charge in [0.2, 0.25) is 0 Å². The molecular formula is C31H31N5O4S. The highest BCUT2D eigenvalue weighted by molar-refractivity contribution is 8.13. The van der Waals surface area contributed by atoms with Crippen molar-refractivity contribution >= 4 is 51.9 Å². The van der Waals surface area contributed by atoms with Crippen LogP contribution in [-0.4, -0.2) is 46.9 Å². The van der Waals surface area contributed by atoms with E-state index in [1.807, 2.05) is 55.5 Å². The molecule has 0 aliphatic carbocycles. The molecular weight excluding hydrogens is 538 g/mol. The summed E-state index contributed by atoms with van der Waals surface area (Å²) in [5.74, 6) is 0.354. The Labute approximate surface area is 243 Å². The van der Waals surface area contributed by atoms with E-state index in [4.69, 9.17) is 9.73 Å². The van der Waals surface area contributed by atoms with Crippen molar-refractivity contribution in [1.29, 1.82) is 0 Å². The number of hydrogen-bond donors (Lipinski definition) is 3. The maximum Gasteiger partial charge on any atom is 0.338 e. The summed E-state index contributed by atoms with van der Waals surface area (Å²) in [5, 5.41) is 9.59. The maximum absolute atomic E-state index is 13.6. The van der Waals surface area contributed by atoms with Crippen LogP contribution in [0.25, 0.3) is 0 Å². The highest BCUT2D eigenvalue weighted by Crippen LogP contribution is 2.40. The first-order valence-electron chi connectivity index (χ1n) is 13.4. The van der Waals surface area contributed by atoms with Crippen molar-refractivity contribution in [3.05, 3.63) is 101 Å². The molecule has 0 aromatic heterocycles. The van der Waals surface area contributed by atoms with Crippen LogP contribution in [0.4, 0.5) is 21.9 Å². The number of carbonyl (C=O) groups is 3. The van der Waals surface area contributed by atoms with Crippen molar-refractivity contribution in [3.63, 3.8) is 0 Å². The third-order valence-electron chi connectivity index (χ3n) is 6.65. The van der Waals surface area contributed by atoms with E-state index in [-0.39, 0.29) is 11.9 Å². The molecule has 1 fully saturated rings. The van der Waals surface area contributed by atoms with Crippen molar-refractivity contribution in [2.24, 2.45) is 4.99 Å². The summed E-state index contributed by atoms with van der Waals surface area (Å²) in [5.41, 5.74) is 4.35. The molecule has 0 bridgehead atoms. The number of thioether (sulfide) groups is 1. The number of ether oxygens (including phenoxy) is 1. The number of benzene rings is 3. The van der Waals surface area contributed by atoms with Crippen molar-refractivity contribution in [2.75, 3.05) is 34.9 Å². The molecule has 2 aliphatic heterocycles. The predicted molar refractivity (Wildman–Crippen MR) is 163 cm³/mol. The molecule has 3 aromatic rings. The minimum absolute atomic E-state index is 0.209. The van der Waals surface area contributed by atoms with Crippen LogP contribution in [0.5, 0.6) is 0 Å². The lowest BCUT2D eigenvalue weighted by atomic mass is 9.93. The number of anilines is 3. The summed E-state index contributed by atoms with van der Waals surface area (Å²) in [7, 11) is 0. The number of para-hydroxylation sites is 1. The summed E-state index contributed by atoms with van der Waals surface area (Å²) in [6, 6.07) is 22.6. The summed E-state index contributed by atoms with van der Waals surface area (Å²) >= 11 is 1.69. The van der Waals surface area contributed by atoms with Gasteiger partial charge in [-0.25, -0.2) is 14.6 Å². The SMILES string of the molecule is CCOC(=O)c1ccc(NC(=O)Nc2cccc(C3C(C(=O)Nc4ccccc4)=C(C)N=C4SCCCN43)c2)cc1. The van der Waals surface area contributed by atoms with E-state index >= 15 is 0 Å². The second-order valence-electron chi connectivity index (χ2n) is 9.51. The molecule has 0 saturated carbocycles. The Morgan fingerprint density at radius 1 is 0.927 bits per heavy atom. The molecule has 0 radical (unpaired) electrons. The zero-order valence-electron chi connectivity index (χ0n) is 22.8. The quantitative estimate of drug-likeness (QED) is 0.289. The Morgan fingerprint density at radius 2 is 1.63 bits per heavy atom. The highest BCUT2D eigenvalue weighted by Gasteiger charge is 2.37. The topological polar surface area (TPSA) is 112 Å². The minimum atomic E-state index is -0.431. The lowest BCUT2D eigenvalue weighted by molar-refractivity contribution is -0.113. The van der Waals surface area contributed by atoms with E-state index in [1.54, 1.807) is 49.0 Å². The van der Waals surface area contributed by atoms with Gasteiger partial charge in [-0.1, -0.05) is 42.1 Å². The first-order valence-corrected chi connectivity index (χ1v) is 14.4. The third kappa shape index (κ3) is 6.60. The first kappa shape index (κ1) is 28.0. The molecule has 41 heavy (non-hydrogen) atoms. The number of carbonyl (C=O) groups excluding carboxylic acids is 3. The van der Waals surface area contributed by atoms with Gasteiger partial charge in [0.1, 0.15) is 0 Å². The highest BCUT2D eigenvalue weighted by atomic mass is 32.2. The van der Waals surface area contributed by atoms with Gasteiger partial charge in [0.15, 0.2) is 5.17 Å². The van der Waals surface area contributed by atoms with Crippen LogP contribution in [0.1, 0.15) is 42.2 Å². The van der Waals surface area contributed by atoms with Crippen LogP contribution in [-0.2, 0) is 9.53 Å². The van der Waals surface area contributed by atoms with Gasteiger partial charge in [-0.15, -0.1) is 0 Å². The largest absolute Gasteiger partial charge is 0.462 e. The van der Waals surface area contributed by atoms with E-state index < -0.39 is 12.0 Å². The lowest BCUT2D eigenvalue weighted by Gasteiger charge is -2.41. The summed E-state index contributed by atoms with van der Waals surface area (Å²) < 4.78 is 5.00. The number of amidine groups is 1. The number of urea groups is 1. The summed E-state index contributed by atoms with van der Waals surface area (Å²) in [6.07, 6.45) is 0.974. The van der Waals surface area contributed by atoms with Gasteiger partial charge in [0.25, 0.3) is 5.91 Å². The third-order valence-corrected chi connectivity index (χ3v) is 7.73. The summed E-state index contributed by atoms with van der Waals surface area (Å²) in [4.78, 5) is 45.3. The average Bonchev–Trinajstić information content (AvgIpc) is 2.97. The van der Waals surface area contributed by atoms with Gasteiger partial charge in [-0.05, 0) is 74.4 Å². The number of aliphatic imine (C=N–C) groups is 1. The van der Waals surface area contributed by atoms with Gasteiger partial charge in [0.05, 0.1) is 29.5 Å². The van der Waals surface area contributed by atoms with Gasteiger partial charge in [0, 0.05) is 29.4 Å². The van der Waals surface area contributed by atoms with Gasteiger partial charge in [-0.3, -0.25) is 4.79 Å². The molecule has 210 valence electrons. The van der Waals surface area contributed by atoms with Crippen LogP contribution in [0, 0.1) is 0 Å². The van der Waals surface area contributed by atoms with Gasteiger partial charge < -0.3 is 25.6 Å². The van der Waals surface area contributed by atoms with E-state index in [1.165, 1.54) is 0 Å². The van der Waals surface area contributed by atoms with E-state index in [0.717, 1.165) is 29.4 Å². The molecule has 2 heterocycles. The number of hydrogen-bond acceptors (Lipinski definition) is 7. The Bertz CT molecular complexity index is 1500. The molecule has 3 N–H and O–H groups in total. The molecule has 2 aliphatic rings. The first-order chi connectivity index (χ1) is 19.9. The molecule has 3 aromatic carbocycles. The number of fused-ring (bicyclic) bond motifs is 1. The molecule has 0 spiro atoms. The fraction of sp³-hybridized carbons (Fsp3) is 0.226. The van der Waals surface area contributed by atoms with E-state index in [0.29, 0.717) is 40.5 Å². The smallest absolute Gasteiger partial charge is 0.338 e. The monoisotopic (exact) mass is 569 g/mol. The minimum Gasteiger partial charge on any atom is -0.462 e. The molecule has 3 amide bonds. The van der Waals surface area contributed by atoms with Crippen LogP contribution >= 0.6 is 11.8 Å². The van der Waals surface area contributed by atoms with E-state index in [2.05, 4.69) is 20.9 Å². The molecule has 1 saturated heterocycles. The second kappa shape index (κ2) is 12.7. The summed E-state index contributed by atoms with van der Waals surface area (Å²) in [6.45, 7) is 4.68. The standard InChI is InChI=1S/C31H31N5O4S/c1-3-40-29(38)21-13-15-24(16-14-21)34-30(39)35-25-12-7-9-22(19-25)27-26(28(37)33-23-10-5-4-6-11-23)20(2)32-31-36(27)17-8-18-41-31/h4-7,9-16,19,27H,3,8,17-18H2,1-2H3,(H,33,37)(H2,34,35,39). The van der Waals surface area contributed by atoms with Crippen LogP contribution in [0.15, 0.2) is 95.1 Å². The Kier molecular flexibility index (Phi) is 8.69. The van der Waals surface area contributed by atoms with Crippen molar-refractivity contribution in [2.45, 2.75) is 26.3 Å². The number of amides is 3. The van der Waals surface area contributed by atoms with E-state index in [9.17, 15) is 14.4 Å². The fourth-order valence-electron chi connectivity index (χ4n) is 4.81. The fourth-order valence-corrected chi connectivity index (χ4v) is 5.83. The number of allylic oxidation sites excluding steroid dienone is 1. The Hall–Kier alpha value is -4.57. The van der Waals surface area contributed by atoms with Crippen LogP contribution < -0.4 is 16.0 Å². The van der Waals surface area contributed by atoms with Gasteiger partial charge >= 0.3 is 12.0 Å². The van der Waals surface area contributed by atoms with Crippen molar-refractivity contribution in [1.82, 2.24) is 4.90 Å². The Morgan fingerprint density at radius 3 is 2.39 bits per heavy atom. The molecule has 1 unspecified atom stereocenters. The van der Waals surface area contributed by atoms with Crippen molar-refractivity contribution < 1.29 is 19.1 Å². The molecule has 9 nitrogen and oxygen atoms in total. The number of nitrogens with zero attached hydrogens (tertiary/aromatic N) is 2. The maximum atomic E-state index is 13.6. The number of esters is 1. The second-order valence-corrected chi connectivity index (χ2v) is 10.6. The average molecular weight is 570 g/mol. The van der Waals surface area contributed by atoms with Crippen LogP contribution in [0.3, 0.4) is 0 Å². The normalized spacial score (nSPS) is 16.3. The van der Waals surface area contributed by atoms with Crippen molar-refractivity contribution in [3.8, 4) is 0 Å². The molecule has 5 rings (SSSR count). The number of nitrogens with one attached hydrogen (secondary N) is 3. The molecule has 1 atom stereocenters. The molecule has 10 heteroatoms. The lowest BCUT2D eigenvalue weighted by Crippen LogP contribution is -2.43.